The Bertz CT molecular complexity index is 1320. The van der Waals surface area contributed by atoms with Crippen LogP contribution in [0.5, 0.6) is 0 Å². The number of amides is 1. The third kappa shape index (κ3) is 4.40. The highest BCUT2D eigenvalue weighted by molar-refractivity contribution is 5.96. The summed E-state index contributed by atoms with van der Waals surface area (Å²) in [5.74, 6) is -1.18. The molecule has 2 aromatic heterocycles. The number of morpholine rings is 1. The Kier molecular flexibility index (Phi) is 5.70. The van der Waals surface area contributed by atoms with E-state index >= 15 is 0 Å². The van der Waals surface area contributed by atoms with Gasteiger partial charge in [-0.15, -0.1) is 0 Å². The number of fused-ring (bicyclic) bond motifs is 1. The lowest BCUT2D eigenvalue weighted by atomic mass is 10.0. The number of nitrogens with one attached hydrogen (secondary N) is 2. The number of carbonyl (C=O) groups excluding carboxylic acids is 1. The van der Waals surface area contributed by atoms with Crippen molar-refractivity contribution in [3.63, 3.8) is 0 Å². The predicted molar refractivity (Wildman–Crippen MR) is 119 cm³/mol. The normalized spacial score (nSPS) is 13.9. The number of anilines is 2. The van der Waals surface area contributed by atoms with Crippen molar-refractivity contribution < 1.29 is 18.3 Å². The van der Waals surface area contributed by atoms with Gasteiger partial charge in [0.1, 0.15) is 5.82 Å². The summed E-state index contributed by atoms with van der Waals surface area (Å²) in [5, 5.41) is 11.1. The average Bonchev–Trinajstić information content (AvgIpc) is 3.24. The molecule has 2 N–H and O–H groups in total. The quantitative estimate of drug-likeness (QED) is 0.481. The van der Waals surface area contributed by atoms with E-state index in [1.807, 2.05) is 18.2 Å². The number of aromatic amines is 1. The molecule has 0 saturated carbocycles. The Hall–Kier alpha value is -3.85. The van der Waals surface area contributed by atoms with E-state index in [1.54, 1.807) is 29.3 Å². The van der Waals surface area contributed by atoms with Gasteiger partial charge in [0.05, 0.1) is 18.6 Å². The molecule has 1 saturated heterocycles. The zero-order valence-corrected chi connectivity index (χ0v) is 17.6. The second kappa shape index (κ2) is 8.95. The van der Waals surface area contributed by atoms with Crippen molar-refractivity contribution in [2.45, 2.75) is 6.42 Å². The Labute approximate surface area is 188 Å². The van der Waals surface area contributed by atoms with Gasteiger partial charge in [-0.2, -0.15) is 5.10 Å². The summed E-state index contributed by atoms with van der Waals surface area (Å²) < 4.78 is 32.9. The first kappa shape index (κ1) is 21.0. The summed E-state index contributed by atoms with van der Waals surface area (Å²) in [6.45, 7) is 2.22. The Morgan fingerprint density at radius 1 is 1.12 bits per heavy atom. The molecule has 2 aromatic carbocycles. The minimum atomic E-state index is -0.876. The average molecular weight is 449 g/mol. The molecule has 0 atom stereocenters. The summed E-state index contributed by atoms with van der Waals surface area (Å²) in [6.07, 6.45) is 1.79. The fraction of sp³-hybridized carbons (Fsp3) is 0.208. The van der Waals surface area contributed by atoms with Gasteiger partial charge in [-0.3, -0.25) is 9.89 Å². The summed E-state index contributed by atoms with van der Waals surface area (Å²) in [4.78, 5) is 18.9. The Morgan fingerprint density at radius 2 is 1.94 bits per heavy atom. The van der Waals surface area contributed by atoms with Crippen LogP contribution < -0.4 is 5.32 Å². The van der Waals surface area contributed by atoms with Crippen LogP contribution in [0.15, 0.2) is 54.7 Å². The first-order valence-electron chi connectivity index (χ1n) is 10.6. The highest BCUT2D eigenvalue weighted by Gasteiger charge is 2.19. The van der Waals surface area contributed by atoms with Crippen LogP contribution in [-0.2, 0) is 11.2 Å². The summed E-state index contributed by atoms with van der Waals surface area (Å²) in [5.41, 5.74) is 2.74. The van der Waals surface area contributed by atoms with Crippen LogP contribution in [0, 0.1) is 11.6 Å². The number of benzene rings is 2. The number of halogens is 2. The first-order chi connectivity index (χ1) is 16.1. The summed E-state index contributed by atoms with van der Waals surface area (Å²) in [6, 6.07) is 13.2. The maximum Gasteiger partial charge on any atom is 0.254 e. The maximum absolute atomic E-state index is 14.1. The molecule has 168 valence electrons. The molecule has 0 bridgehead atoms. The van der Waals surface area contributed by atoms with Crippen molar-refractivity contribution in [2.75, 3.05) is 31.6 Å². The molecule has 5 rings (SSSR count). The number of hydrogen-bond acceptors (Lipinski definition) is 5. The molecular formula is C24H21F2N5O2. The summed E-state index contributed by atoms with van der Waals surface area (Å²) >= 11 is 0. The molecule has 3 heterocycles. The van der Waals surface area contributed by atoms with Gasteiger partial charge in [0.15, 0.2) is 17.3 Å². The van der Waals surface area contributed by atoms with E-state index in [0.29, 0.717) is 60.0 Å². The molecule has 7 nitrogen and oxygen atoms in total. The van der Waals surface area contributed by atoms with Gasteiger partial charge < -0.3 is 15.0 Å². The number of rotatable bonds is 5. The molecule has 0 aliphatic carbocycles. The zero-order valence-electron chi connectivity index (χ0n) is 17.6. The van der Waals surface area contributed by atoms with Gasteiger partial charge in [-0.25, -0.2) is 13.8 Å². The monoisotopic (exact) mass is 449 g/mol. The molecule has 0 radical (unpaired) electrons. The number of hydrogen-bond donors (Lipinski definition) is 2. The molecule has 1 fully saturated rings. The van der Waals surface area contributed by atoms with Gasteiger partial charge in [0, 0.05) is 37.0 Å². The van der Waals surface area contributed by atoms with Gasteiger partial charge in [-0.05, 0) is 41.5 Å². The van der Waals surface area contributed by atoms with Gasteiger partial charge in [0.2, 0.25) is 0 Å². The van der Waals surface area contributed by atoms with Crippen LogP contribution in [0.1, 0.15) is 21.5 Å². The second-order valence-corrected chi connectivity index (χ2v) is 7.81. The first-order valence-corrected chi connectivity index (χ1v) is 10.6. The Balaban J connectivity index is 1.38. The standard InChI is InChI=1S/C24H21F2N5O2/c25-20-6-2-3-16(21(20)26)11-15-12-19-22(27-14-15)29-30-23(19)28-18-5-1-4-17(13-18)24(32)31-7-9-33-10-8-31/h1-6,12-14H,7-11H2,(H2,27,28,29,30). The van der Waals surface area contributed by atoms with Crippen molar-refractivity contribution in [3.05, 3.63) is 83.1 Å². The number of pyridine rings is 1. The number of nitrogens with zero attached hydrogens (tertiary/aromatic N) is 3. The van der Waals surface area contributed by atoms with E-state index < -0.39 is 11.6 Å². The molecule has 4 aromatic rings. The third-order valence-corrected chi connectivity index (χ3v) is 5.57. The van der Waals surface area contributed by atoms with Crippen molar-refractivity contribution in [3.8, 4) is 0 Å². The fourth-order valence-electron chi connectivity index (χ4n) is 3.86. The van der Waals surface area contributed by atoms with E-state index in [1.165, 1.54) is 6.07 Å². The molecule has 0 unspecified atom stereocenters. The minimum Gasteiger partial charge on any atom is -0.378 e. The lowest BCUT2D eigenvalue weighted by Crippen LogP contribution is -2.40. The van der Waals surface area contributed by atoms with E-state index in [9.17, 15) is 13.6 Å². The smallest absolute Gasteiger partial charge is 0.254 e. The molecule has 1 aliphatic heterocycles. The van der Waals surface area contributed by atoms with E-state index in [-0.39, 0.29) is 17.9 Å². The molecule has 0 spiro atoms. The fourth-order valence-corrected chi connectivity index (χ4v) is 3.86. The van der Waals surface area contributed by atoms with Crippen molar-refractivity contribution in [2.24, 2.45) is 0 Å². The highest BCUT2D eigenvalue weighted by atomic mass is 19.2. The van der Waals surface area contributed by atoms with Crippen LogP contribution >= 0.6 is 0 Å². The van der Waals surface area contributed by atoms with Crippen molar-refractivity contribution >= 4 is 28.4 Å². The molecule has 9 heteroatoms. The molecule has 1 aliphatic rings. The topological polar surface area (TPSA) is 83.1 Å². The van der Waals surface area contributed by atoms with Crippen LogP contribution in [0.25, 0.3) is 11.0 Å². The summed E-state index contributed by atoms with van der Waals surface area (Å²) in [7, 11) is 0. The van der Waals surface area contributed by atoms with Crippen LogP contribution in [0.4, 0.5) is 20.3 Å². The van der Waals surface area contributed by atoms with E-state index in [0.717, 1.165) is 6.07 Å². The van der Waals surface area contributed by atoms with Crippen molar-refractivity contribution in [1.82, 2.24) is 20.1 Å². The van der Waals surface area contributed by atoms with Crippen molar-refractivity contribution in [1.29, 1.82) is 0 Å². The highest BCUT2D eigenvalue weighted by Crippen LogP contribution is 2.26. The Morgan fingerprint density at radius 3 is 2.79 bits per heavy atom. The molecule has 1 amide bonds. The van der Waals surface area contributed by atoms with Gasteiger partial charge in [-0.1, -0.05) is 18.2 Å². The number of carbonyl (C=O) groups is 1. The lowest BCUT2D eigenvalue weighted by molar-refractivity contribution is 0.0303. The van der Waals surface area contributed by atoms with Gasteiger partial charge in [0.25, 0.3) is 5.91 Å². The van der Waals surface area contributed by atoms with E-state index in [2.05, 4.69) is 20.5 Å². The largest absolute Gasteiger partial charge is 0.378 e. The number of ether oxygens (including phenoxy) is 1. The van der Waals surface area contributed by atoms with Crippen LogP contribution in [0.3, 0.4) is 0 Å². The number of aromatic nitrogens is 3. The lowest BCUT2D eigenvalue weighted by Gasteiger charge is -2.27. The second-order valence-electron chi connectivity index (χ2n) is 7.81. The molecular weight excluding hydrogens is 428 g/mol. The predicted octanol–water partition coefficient (Wildman–Crippen LogP) is 4.04. The SMILES string of the molecule is O=C(c1cccc(Nc2[nH]nc3ncc(Cc4cccc(F)c4F)cc23)c1)N1CCOCC1. The third-order valence-electron chi connectivity index (χ3n) is 5.57. The van der Waals surface area contributed by atoms with Crippen LogP contribution in [0.2, 0.25) is 0 Å². The zero-order chi connectivity index (χ0) is 22.8. The number of H-pyrrole nitrogens is 1. The minimum absolute atomic E-state index is 0.0440. The maximum atomic E-state index is 14.1. The van der Waals surface area contributed by atoms with Crippen LogP contribution in [-0.4, -0.2) is 52.3 Å². The van der Waals surface area contributed by atoms with Gasteiger partial charge >= 0.3 is 0 Å². The molecule has 33 heavy (non-hydrogen) atoms. The van der Waals surface area contributed by atoms with E-state index in [4.69, 9.17) is 4.74 Å².